The fraction of sp³-hybridized carbons (Fsp3) is 0.444. The molecule has 88 valence electrons. The van der Waals surface area contributed by atoms with Gasteiger partial charge in [0.25, 0.3) is 5.56 Å². The summed E-state index contributed by atoms with van der Waals surface area (Å²) in [7, 11) is 0. The Morgan fingerprint density at radius 2 is 2.12 bits per heavy atom. The van der Waals surface area contributed by atoms with Gasteiger partial charge in [0.15, 0.2) is 0 Å². The van der Waals surface area contributed by atoms with E-state index in [9.17, 15) is 14.4 Å². The number of aliphatic carboxylic acids is 1. The first kappa shape index (κ1) is 12.0. The SMILES string of the molecule is CCn1cc(N)c(=O)n(CCC(=O)O)c1=O. The first-order chi connectivity index (χ1) is 7.47. The minimum absolute atomic E-state index is 0.0631. The zero-order valence-corrected chi connectivity index (χ0v) is 8.84. The van der Waals surface area contributed by atoms with Crippen molar-refractivity contribution < 1.29 is 9.90 Å². The molecular weight excluding hydrogens is 214 g/mol. The third-order valence-corrected chi connectivity index (χ3v) is 2.15. The minimum Gasteiger partial charge on any atom is -0.481 e. The van der Waals surface area contributed by atoms with E-state index < -0.39 is 17.2 Å². The third kappa shape index (κ3) is 2.30. The number of hydrogen-bond acceptors (Lipinski definition) is 4. The lowest BCUT2D eigenvalue weighted by Crippen LogP contribution is -2.40. The number of aromatic nitrogens is 2. The Morgan fingerprint density at radius 3 is 2.62 bits per heavy atom. The fourth-order valence-electron chi connectivity index (χ4n) is 1.31. The lowest BCUT2D eigenvalue weighted by Gasteiger charge is -2.08. The van der Waals surface area contributed by atoms with E-state index in [1.54, 1.807) is 6.92 Å². The van der Waals surface area contributed by atoms with Crippen LogP contribution in [0.1, 0.15) is 13.3 Å². The van der Waals surface area contributed by atoms with Gasteiger partial charge in [0, 0.05) is 19.3 Å². The van der Waals surface area contributed by atoms with Crippen LogP contribution in [0.25, 0.3) is 0 Å². The number of carboxylic acid groups (broad SMARTS) is 1. The lowest BCUT2D eigenvalue weighted by molar-refractivity contribution is -0.137. The average molecular weight is 227 g/mol. The first-order valence-corrected chi connectivity index (χ1v) is 4.79. The number of aryl methyl sites for hydroxylation is 1. The van der Waals surface area contributed by atoms with Gasteiger partial charge >= 0.3 is 11.7 Å². The zero-order valence-electron chi connectivity index (χ0n) is 8.84. The number of nitrogens with zero attached hydrogens (tertiary/aromatic N) is 2. The van der Waals surface area contributed by atoms with Crippen molar-refractivity contribution in [3.8, 4) is 0 Å². The summed E-state index contributed by atoms with van der Waals surface area (Å²) in [6.07, 6.45) is 0.976. The molecule has 16 heavy (non-hydrogen) atoms. The maximum absolute atomic E-state index is 11.7. The van der Waals surface area contributed by atoms with E-state index in [0.29, 0.717) is 6.54 Å². The highest BCUT2D eigenvalue weighted by Crippen LogP contribution is 1.91. The van der Waals surface area contributed by atoms with E-state index in [1.807, 2.05) is 0 Å². The van der Waals surface area contributed by atoms with Crippen molar-refractivity contribution in [1.29, 1.82) is 0 Å². The average Bonchev–Trinajstić information content (AvgIpc) is 2.23. The van der Waals surface area contributed by atoms with Crippen molar-refractivity contribution in [1.82, 2.24) is 9.13 Å². The molecule has 0 aliphatic rings. The molecule has 0 unspecified atom stereocenters. The summed E-state index contributed by atoms with van der Waals surface area (Å²) in [4.78, 5) is 33.5. The van der Waals surface area contributed by atoms with Gasteiger partial charge in [-0.05, 0) is 6.92 Å². The maximum Gasteiger partial charge on any atom is 0.331 e. The minimum atomic E-state index is -1.07. The Bertz CT molecular complexity index is 514. The zero-order chi connectivity index (χ0) is 12.3. The molecule has 1 heterocycles. The molecule has 0 aliphatic heterocycles. The lowest BCUT2D eigenvalue weighted by atomic mass is 10.4. The molecule has 0 aromatic carbocycles. The van der Waals surface area contributed by atoms with Crippen LogP contribution >= 0.6 is 0 Å². The van der Waals surface area contributed by atoms with Crippen molar-refractivity contribution in [3.05, 3.63) is 27.0 Å². The number of nitrogens with two attached hydrogens (primary N) is 1. The predicted molar refractivity (Wildman–Crippen MR) is 57.3 cm³/mol. The van der Waals surface area contributed by atoms with E-state index in [0.717, 1.165) is 4.57 Å². The molecule has 0 radical (unpaired) electrons. The van der Waals surface area contributed by atoms with Gasteiger partial charge in [-0.2, -0.15) is 0 Å². The van der Waals surface area contributed by atoms with E-state index >= 15 is 0 Å². The van der Waals surface area contributed by atoms with E-state index in [1.165, 1.54) is 10.8 Å². The Balaban J connectivity index is 3.25. The number of hydrogen-bond donors (Lipinski definition) is 2. The summed E-state index contributed by atoms with van der Waals surface area (Å²) in [5.41, 5.74) is 4.19. The molecule has 3 N–H and O–H groups in total. The van der Waals surface area contributed by atoms with Crippen molar-refractivity contribution in [2.45, 2.75) is 26.4 Å². The van der Waals surface area contributed by atoms with E-state index in [4.69, 9.17) is 10.8 Å². The van der Waals surface area contributed by atoms with Crippen LogP contribution in [-0.2, 0) is 17.9 Å². The monoisotopic (exact) mass is 227 g/mol. The molecule has 1 aromatic heterocycles. The Hall–Kier alpha value is -2.05. The number of anilines is 1. The van der Waals surface area contributed by atoms with Gasteiger partial charge in [-0.1, -0.05) is 0 Å². The number of nitrogen functional groups attached to an aromatic ring is 1. The Kier molecular flexibility index (Phi) is 3.49. The molecular formula is C9H13N3O4. The van der Waals surface area contributed by atoms with Gasteiger partial charge < -0.3 is 10.8 Å². The highest BCUT2D eigenvalue weighted by Gasteiger charge is 2.09. The van der Waals surface area contributed by atoms with Crippen LogP contribution in [0.2, 0.25) is 0 Å². The van der Waals surface area contributed by atoms with Crippen molar-refractivity contribution in [3.63, 3.8) is 0 Å². The molecule has 0 spiro atoms. The van der Waals surface area contributed by atoms with Crippen LogP contribution < -0.4 is 17.0 Å². The molecule has 0 saturated heterocycles. The molecule has 0 amide bonds. The summed E-state index contributed by atoms with van der Waals surface area (Å²) in [6, 6.07) is 0. The van der Waals surface area contributed by atoms with E-state index in [-0.39, 0.29) is 18.7 Å². The van der Waals surface area contributed by atoms with Crippen LogP contribution in [-0.4, -0.2) is 20.2 Å². The van der Waals surface area contributed by atoms with Gasteiger partial charge in [0.2, 0.25) is 0 Å². The summed E-state index contributed by atoms with van der Waals surface area (Å²) >= 11 is 0. The van der Waals surface area contributed by atoms with Gasteiger partial charge in [-0.25, -0.2) is 4.79 Å². The van der Waals surface area contributed by atoms with Crippen LogP contribution in [0, 0.1) is 0 Å². The maximum atomic E-state index is 11.7. The summed E-state index contributed by atoms with van der Waals surface area (Å²) in [6.45, 7) is 1.93. The van der Waals surface area contributed by atoms with Crippen molar-refractivity contribution in [2.24, 2.45) is 0 Å². The summed E-state index contributed by atoms with van der Waals surface area (Å²) in [5, 5.41) is 8.50. The third-order valence-electron chi connectivity index (χ3n) is 2.15. The summed E-state index contributed by atoms with van der Waals surface area (Å²) in [5.74, 6) is -1.07. The Morgan fingerprint density at radius 1 is 1.50 bits per heavy atom. The molecule has 1 rings (SSSR count). The van der Waals surface area contributed by atoms with Gasteiger partial charge in [0.1, 0.15) is 5.69 Å². The normalized spacial score (nSPS) is 10.3. The Labute approximate surface area is 90.7 Å². The predicted octanol–water partition coefficient (Wildman–Crippen LogP) is -0.913. The second kappa shape index (κ2) is 4.65. The highest BCUT2D eigenvalue weighted by atomic mass is 16.4. The summed E-state index contributed by atoms with van der Waals surface area (Å²) < 4.78 is 2.10. The smallest absolute Gasteiger partial charge is 0.331 e. The van der Waals surface area contributed by atoms with Crippen molar-refractivity contribution >= 4 is 11.7 Å². The van der Waals surface area contributed by atoms with Gasteiger partial charge in [0.05, 0.1) is 6.42 Å². The fourth-order valence-corrected chi connectivity index (χ4v) is 1.31. The van der Waals surface area contributed by atoms with Crippen LogP contribution in [0.4, 0.5) is 5.69 Å². The second-order valence-electron chi connectivity index (χ2n) is 3.25. The van der Waals surface area contributed by atoms with Crippen LogP contribution in [0.3, 0.4) is 0 Å². The topological polar surface area (TPSA) is 107 Å². The number of carboxylic acids is 1. The van der Waals surface area contributed by atoms with Crippen molar-refractivity contribution in [2.75, 3.05) is 5.73 Å². The molecule has 0 atom stereocenters. The molecule has 1 aromatic rings. The van der Waals surface area contributed by atoms with Crippen LogP contribution in [0.5, 0.6) is 0 Å². The van der Waals surface area contributed by atoms with Gasteiger partial charge in [-0.15, -0.1) is 0 Å². The molecule has 0 fully saturated rings. The molecule has 0 saturated carbocycles. The molecule has 0 aliphatic carbocycles. The molecule has 0 bridgehead atoms. The number of carbonyl (C=O) groups is 1. The van der Waals surface area contributed by atoms with Gasteiger partial charge in [-0.3, -0.25) is 18.7 Å². The molecule has 7 heteroatoms. The largest absolute Gasteiger partial charge is 0.481 e. The molecule has 7 nitrogen and oxygen atoms in total. The standard InChI is InChI=1S/C9H13N3O4/c1-2-11-5-6(10)8(15)12(9(11)16)4-3-7(13)14/h5H,2-4,10H2,1H3,(H,13,14). The quantitative estimate of drug-likeness (QED) is 0.692. The highest BCUT2D eigenvalue weighted by molar-refractivity contribution is 5.66. The number of rotatable bonds is 4. The van der Waals surface area contributed by atoms with Crippen LogP contribution in [0.15, 0.2) is 15.8 Å². The van der Waals surface area contributed by atoms with E-state index in [2.05, 4.69) is 0 Å². The second-order valence-corrected chi connectivity index (χ2v) is 3.25. The first-order valence-electron chi connectivity index (χ1n) is 4.79.